The summed E-state index contributed by atoms with van der Waals surface area (Å²) in [5, 5.41) is 0.128. The molecule has 33 heavy (non-hydrogen) atoms. The van der Waals surface area contributed by atoms with Gasteiger partial charge >= 0.3 is 0 Å². The van der Waals surface area contributed by atoms with Gasteiger partial charge in [0.2, 0.25) is 0 Å². The van der Waals surface area contributed by atoms with Gasteiger partial charge in [-0.3, -0.25) is 0 Å². The molecule has 2 saturated carbocycles. The summed E-state index contributed by atoms with van der Waals surface area (Å²) >= 11 is 5.75. The first-order valence-corrected chi connectivity index (χ1v) is 13.6. The second kappa shape index (κ2) is 11.8. The molecular formula is C30H39ClF2. The van der Waals surface area contributed by atoms with E-state index in [1.54, 1.807) is 12.1 Å². The van der Waals surface area contributed by atoms with Gasteiger partial charge in [0.15, 0.2) is 0 Å². The van der Waals surface area contributed by atoms with Crippen LogP contribution in [0.5, 0.6) is 0 Å². The first-order valence-electron chi connectivity index (χ1n) is 13.2. The van der Waals surface area contributed by atoms with Crippen molar-refractivity contribution in [2.24, 2.45) is 17.8 Å². The Labute approximate surface area is 204 Å². The number of hydrogen-bond acceptors (Lipinski definition) is 0. The molecule has 2 aromatic carbocycles. The molecule has 0 atom stereocenters. The first kappa shape index (κ1) is 24.7. The summed E-state index contributed by atoms with van der Waals surface area (Å²) in [6.45, 7) is 2.34. The summed E-state index contributed by atoms with van der Waals surface area (Å²) in [6, 6.07) is 10.6. The molecule has 0 aromatic heterocycles. The molecule has 3 heteroatoms. The third-order valence-corrected chi connectivity index (χ3v) is 8.90. The fraction of sp³-hybridized carbons (Fsp3) is 0.600. The van der Waals surface area contributed by atoms with Crippen LogP contribution in [0.1, 0.15) is 100 Å². The summed E-state index contributed by atoms with van der Waals surface area (Å²) in [6.07, 6.45) is 16.1. The van der Waals surface area contributed by atoms with Crippen LogP contribution in [0.15, 0.2) is 36.4 Å². The van der Waals surface area contributed by atoms with Crippen molar-refractivity contribution in [1.82, 2.24) is 0 Å². The van der Waals surface area contributed by atoms with Gasteiger partial charge in [0.1, 0.15) is 11.6 Å². The molecule has 0 unspecified atom stereocenters. The van der Waals surface area contributed by atoms with E-state index in [-0.39, 0.29) is 10.8 Å². The van der Waals surface area contributed by atoms with E-state index in [1.165, 1.54) is 76.7 Å². The van der Waals surface area contributed by atoms with Gasteiger partial charge in [0.25, 0.3) is 0 Å². The van der Waals surface area contributed by atoms with E-state index in [1.807, 2.05) is 12.1 Å². The van der Waals surface area contributed by atoms with E-state index in [0.29, 0.717) is 24.3 Å². The van der Waals surface area contributed by atoms with Crippen LogP contribution in [0.25, 0.3) is 0 Å². The molecule has 0 saturated heterocycles. The smallest absolute Gasteiger partial charge is 0.142 e. The second-order valence-corrected chi connectivity index (χ2v) is 11.1. The van der Waals surface area contributed by atoms with E-state index >= 15 is 0 Å². The molecule has 0 aliphatic heterocycles. The summed E-state index contributed by atoms with van der Waals surface area (Å²) in [5.74, 6) is 2.79. The fourth-order valence-electron chi connectivity index (χ4n) is 6.18. The molecule has 0 bridgehead atoms. The standard InChI is InChI=1S/C30H39ClF2/c1-2-21-3-5-22(6-4-21)7-8-23-9-13-25(14-10-23)27-17-16-26(29(32)20-27)15-11-24-12-18-28(31)30(33)19-24/h12,16-23,25H,2-11,13-15H2,1H3. The zero-order valence-electron chi connectivity index (χ0n) is 20.1. The van der Waals surface area contributed by atoms with Crippen molar-refractivity contribution >= 4 is 11.6 Å². The Morgan fingerprint density at radius 2 is 1.36 bits per heavy atom. The van der Waals surface area contributed by atoms with Crippen molar-refractivity contribution in [2.45, 2.75) is 96.3 Å². The first-order chi connectivity index (χ1) is 16.0. The van der Waals surface area contributed by atoms with Crippen LogP contribution in [0.4, 0.5) is 8.78 Å². The van der Waals surface area contributed by atoms with Crippen molar-refractivity contribution in [2.75, 3.05) is 0 Å². The van der Waals surface area contributed by atoms with Crippen LogP contribution in [-0.2, 0) is 12.8 Å². The molecule has 0 amide bonds. The molecule has 0 N–H and O–H groups in total. The Morgan fingerprint density at radius 3 is 1.97 bits per heavy atom. The third kappa shape index (κ3) is 6.81. The van der Waals surface area contributed by atoms with E-state index in [0.717, 1.165) is 28.9 Å². The van der Waals surface area contributed by atoms with Crippen LogP contribution in [-0.4, -0.2) is 0 Å². The summed E-state index contributed by atoms with van der Waals surface area (Å²) < 4.78 is 28.4. The Kier molecular flexibility index (Phi) is 8.85. The van der Waals surface area contributed by atoms with Gasteiger partial charge in [-0.2, -0.15) is 0 Å². The molecule has 0 spiro atoms. The zero-order chi connectivity index (χ0) is 23.2. The van der Waals surface area contributed by atoms with Gasteiger partial charge in [-0.1, -0.05) is 81.7 Å². The van der Waals surface area contributed by atoms with Crippen LogP contribution < -0.4 is 0 Å². The quantitative estimate of drug-likeness (QED) is 0.358. The topological polar surface area (TPSA) is 0 Å². The van der Waals surface area contributed by atoms with Crippen molar-refractivity contribution in [3.8, 4) is 0 Å². The summed E-state index contributed by atoms with van der Waals surface area (Å²) in [5.41, 5.74) is 2.71. The average Bonchev–Trinajstić information content (AvgIpc) is 2.84. The fourth-order valence-corrected chi connectivity index (χ4v) is 6.30. The lowest BCUT2D eigenvalue weighted by molar-refractivity contribution is 0.227. The van der Waals surface area contributed by atoms with Crippen molar-refractivity contribution < 1.29 is 8.78 Å². The third-order valence-electron chi connectivity index (χ3n) is 8.59. The molecule has 2 aliphatic carbocycles. The van der Waals surface area contributed by atoms with Gasteiger partial charge < -0.3 is 0 Å². The molecular weight excluding hydrogens is 434 g/mol. The van der Waals surface area contributed by atoms with Gasteiger partial charge in [0, 0.05) is 0 Å². The lowest BCUT2D eigenvalue weighted by Crippen LogP contribution is -2.17. The lowest BCUT2D eigenvalue weighted by atomic mass is 9.74. The van der Waals surface area contributed by atoms with Crippen LogP contribution >= 0.6 is 11.6 Å². The SMILES string of the molecule is CCC1CCC(CCC2CCC(c3ccc(CCc4ccc(Cl)c(F)c4)c(F)c3)CC2)CC1. The van der Waals surface area contributed by atoms with Gasteiger partial charge in [-0.25, -0.2) is 8.78 Å². The normalized spacial score (nSPS) is 25.8. The Balaban J connectivity index is 1.22. The number of aryl methyl sites for hydroxylation is 2. The highest BCUT2D eigenvalue weighted by Gasteiger charge is 2.25. The molecule has 2 aliphatic rings. The minimum Gasteiger partial charge on any atom is -0.207 e. The van der Waals surface area contributed by atoms with Gasteiger partial charge in [-0.15, -0.1) is 0 Å². The van der Waals surface area contributed by atoms with Crippen LogP contribution in [0, 0.1) is 29.4 Å². The van der Waals surface area contributed by atoms with Crippen molar-refractivity contribution in [3.05, 3.63) is 69.7 Å². The van der Waals surface area contributed by atoms with E-state index < -0.39 is 5.82 Å². The predicted octanol–water partition coefficient (Wildman–Crippen LogP) is 9.67. The maximum absolute atomic E-state index is 14.8. The predicted molar refractivity (Wildman–Crippen MR) is 135 cm³/mol. The molecule has 4 rings (SSSR count). The lowest BCUT2D eigenvalue weighted by Gasteiger charge is -2.32. The summed E-state index contributed by atoms with van der Waals surface area (Å²) in [7, 11) is 0. The number of rotatable bonds is 8. The van der Waals surface area contributed by atoms with E-state index in [2.05, 4.69) is 13.0 Å². The molecule has 2 fully saturated rings. The maximum atomic E-state index is 14.8. The number of benzene rings is 2. The summed E-state index contributed by atoms with van der Waals surface area (Å²) in [4.78, 5) is 0. The monoisotopic (exact) mass is 472 g/mol. The minimum atomic E-state index is -0.413. The molecule has 0 radical (unpaired) electrons. The minimum absolute atomic E-state index is 0.119. The van der Waals surface area contributed by atoms with E-state index in [9.17, 15) is 8.78 Å². The Hall–Kier alpha value is -1.41. The molecule has 0 nitrogen and oxygen atoms in total. The van der Waals surface area contributed by atoms with Crippen LogP contribution in [0.3, 0.4) is 0 Å². The van der Waals surface area contributed by atoms with Gasteiger partial charge in [-0.05, 0) is 97.1 Å². The Bertz CT molecular complexity index is 892. The average molecular weight is 473 g/mol. The number of hydrogen-bond donors (Lipinski definition) is 0. The molecule has 2 aromatic rings. The highest BCUT2D eigenvalue weighted by Crippen LogP contribution is 2.40. The highest BCUT2D eigenvalue weighted by molar-refractivity contribution is 6.30. The van der Waals surface area contributed by atoms with Gasteiger partial charge in [0.05, 0.1) is 5.02 Å². The van der Waals surface area contributed by atoms with Crippen molar-refractivity contribution in [3.63, 3.8) is 0 Å². The zero-order valence-corrected chi connectivity index (χ0v) is 20.9. The second-order valence-electron chi connectivity index (χ2n) is 10.7. The maximum Gasteiger partial charge on any atom is 0.142 e. The van der Waals surface area contributed by atoms with E-state index in [4.69, 9.17) is 11.6 Å². The largest absolute Gasteiger partial charge is 0.207 e. The molecule has 180 valence electrons. The van der Waals surface area contributed by atoms with Crippen molar-refractivity contribution in [1.29, 1.82) is 0 Å². The molecule has 0 heterocycles. The Morgan fingerprint density at radius 1 is 0.727 bits per heavy atom. The van der Waals surface area contributed by atoms with Crippen LogP contribution in [0.2, 0.25) is 5.02 Å². The number of halogens is 3. The highest BCUT2D eigenvalue weighted by atomic mass is 35.5.